The number of carbonyl (C=O) groups excluding carboxylic acids is 4. The van der Waals surface area contributed by atoms with E-state index in [1.54, 1.807) is 19.1 Å². The fraction of sp³-hybridized carbons (Fsp3) is 0.425. The number of nitrogens with zero attached hydrogens (tertiary/aromatic N) is 2. The van der Waals surface area contributed by atoms with Gasteiger partial charge in [-0.25, -0.2) is 17.8 Å². The summed E-state index contributed by atoms with van der Waals surface area (Å²) in [6, 6.07) is 11.8. The van der Waals surface area contributed by atoms with E-state index in [-0.39, 0.29) is 36.6 Å². The van der Waals surface area contributed by atoms with Gasteiger partial charge in [-0.2, -0.15) is 4.39 Å². The van der Waals surface area contributed by atoms with Crippen molar-refractivity contribution in [3.63, 3.8) is 0 Å². The lowest BCUT2D eigenvalue weighted by Crippen LogP contribution is -2.58. The number of sulfonamides is 1. The zero-order valence-corrected chi connectivity index (χ0v) is 32.2. The van der Waals surface area contributed by atoms with Crippen molar-refractivity contribution >= 4 is 66.7 Å². The number of pyridine rings is 1. The van der Waals surface area contributed by atoms with Gasteiger partial charge in [0.25, 0.3) is 11.8 Å². The molecule has 2 aromatic carbocycles. The van der Waals surface area contributed by atoms with Gasteiger partial charge in [0.2, 0.25) is 27.7 Å². The summed E-state index contributed by atoms with van der Waals surface area (Å²) in [5, 5.41) is 6.92. The number of hydrogen-bond donors (Lipinski definition) is 3. The average molecular weight is 806 g/mol. The summed E-state index contributed by atoms with van der Waals surface area (Å²) in [7, 11) is -4.03. The Balaban J connectivity index is 1.13. The van der Waals surface area contributed by atoms with E-state index in [0.717, 1.165) is 17.9 Å². The highest BCUT2D eigenvalue weighted by molar-refractivity contribution is 7.91. The minimum atomic E-state index is -4.03. The van der Waals surface area contributed by atoms with E-state index in [1.807, 2.05) is 30.4 Å². The summed E-state index contributed by atoms with van der Waals surface area (Å²) in [6.07, 6.45) is 6.68. The predicted molar refractivity (Wildman–Crippen MR) is 205 cm³/mol. The van der Waals surface area contributed by atoms with Crippen LogP contribution in [0, 0.1) is 16.9 Å². The number of ether oxygens (including phenoxy) is 1. The first-order valence-electron chi connectivity index (χ1n) is 18.8. The third kappa shape index (κ3) is 7.24. The van der Waals surface area contributed by atoms with Crippen molar-refractivity contribution in [2.24, 2.45) is 5.92 Å². The van der Waals surface area contributed by atoms with E-state index in [2.05, 4.69) is 20.3 Å². The molecule has 0 unspecified atom stereocenters. The van der Waals surface area contributed by atoms with E-state index in [9.17, 15) is 36.4 Å². The van der Waals surface area contributed by atoms with Crippen LogP contribution in [0.2, 0.25) is 0 Å². The maximum Gasteiger partial charge on any atom is 0.262 e. The lowest BCUT2D eigenvalue weighted by atomic mass is 10.0. The van der Waals surface area contributed by atoms with Gasteiger partial charge in [-0.3, -0.25) is 23.9 Å². The van der Waals surface area contributed by atoms with Crippen LogP contribution in [0.4, 0.5) is 8.78 Å². The fourth-order valence-electron chi connectivity index (χ4n) is 7.76. The van der Waals surface area contributed by atoms with Crippen molar-refractivity contribution in [2.75, 3.05) is 6.54 Å². The van der Waals surface area contributed by atoms with Crippen LogP contribution >= 0.6 is 11.3 Å². The molecule has 2 aliphatic heterocycles. The highest BCUT2D eigenvalue weighted by Crippen LogP contribution is 2.47. The summed E-state index contributed by atoms with van der Waals surface area (Å²) in [4.78, 5) is 62.3. The molecule has 3 N–H and O–H groups in total. The number of carbonyl (C=O) groups is 4. The van der Waals surface area contributed by atoms with Crippen LogP contribution in [-0.4, -0.2) is 76.9 Å². The van der Waals surface area contributed by atoms with E-state index in [0.29, 0.717) is 59.7 Å². The molecule has 294 valence electrons. The van der Waals surface area contributed by atoms with E-state index < -0.39 is 79.0 Å². The van der Waals surface area contributed by atoms with Crippen LogP contribution in [-0.2, 0) is 24.4 Å². The van der Waals surface area contributed by atoms with Gasteiger partial charge >= 0.3 is 0 Å². The summed E-state index contributed by atoms with van der Waals surface area (Å²) in [5.74, 6) is -3.65. The van der Waals surface area contributed by atoms with Crippen LogP contribution in [0.15, 0.2) is 66.7 Å². The number of allylic oxidation sites excluding steroid dienone is 1. The van der Waals surface area contributed by atoms with Gasteiger partial charge in [-0.05, 0) is 81.2 Å². The van der Waals surface area contributed by atoms with Gasteiger partial charge in [0, 0.05) is 23.1 Å². The Kier molecular flexibility index (Phi) is 9.84. The Morgan fingerprint density at radius 1 is 1.02 bits per heavy atom. The van der Waals surface area contributed by atoms with Gasteiger partial charge in [0.15, 0.2) is 5.13 Å². The molecule has 1 saturated heterocycles. The molecular formula is C40H41F2N5O7S2. The molecule has 12 nitrogen and oxygen atoms in total. The molecule has 5 atom stereocenters. The van der Waals surface area contributed by atoms with Crippen molar-refractivity contribution < 1.29 is 41.1 Å². The summed E-state index contributed by atoms with van der Waals surface area (Å²) >= 11 is 0.646. The predicted octanol–water partition coefficient (Wildman–Crippen LogP) is 5.27. The fourth-order valence-corrected chi connectivity index (χ4v) is 9.70. The Morgan fingerprint density at radius 3 is 2.59 bits per heavy atom. The normalized spacial score (nSPS) is 26.9. The van der Waals surface area contributed by atoms with Crippen molar-refractivity contribution in [2.45, 2.75) is 93.2 Å². The minimum absolute atomic E-state index is 0.0612. The minimum Gasteiger partial charge on any atom is -0.472 e. The highest BCUT2D eigenvalue weighted by Gasteiger charge is 2.63. The maximum atomic E-state index is 14.7. The number of aromatic nitrogens is 1. The molecule has 16 heteroatoms. The van der Waals surface area contributed by atoms with E-state index >= 15 is 0 Å². The standard InChI is InChI=1S/C40H41F2N5O7S2/c1-39(17-18-39)56(52,53)46-38(51)40-21-23(40)9-5-3-2-4-6-12-30(43-35(49)32-15-16-33(42)55-32)37(50)47-22-25(20-31(47)34(48)45-40)54-36-28-19-24(41)13-14-26(28)27-10-7-8-11-29(27)44-36/h5,7-11,13-16,19,23,25,30-31H,2-4,6,12,17-18,20-22H2,1H3,(H,43,49)(H,45,48)(H,46,51)/b9-5-/t23-,25-,30+,31+,40-/m1/s1. The maximum absolute atomic E-state index is 14.7. The Labute approximate surface area is 326 Å². The molecule has 2 aromatic heterocycles. The lowest BCUT2D eigenvalue weighted by molar-refractivity contribution is -0.141. The summed E-state index contributed by atoms with van der Waals surface area (Å²) < 4.78 is 62.5. The second-order valence-corrected chi connectivity index (χ2v) is 18.7. The first-order valence-corrected chi connectivity index (χ1v) is 21.1. The van der Waals surface area contributed by atoms with Crippen molar-refractivity contribution in [1.82, 2.24) is 25.2 Å². The number of fused-ring (bicyclic) bond motifs is 5. The number of benzene rings is 2. The molecule has 2 saturated carbocycles. The van der Waals surface area contributed by atoms with Gasteiger partial charge < -0.3 is 20.3 Å². The van der Waals surface area contributed by atoms with Gasteiger partial charge in [-0.15, -0.1) is 11.3 Å². The zero-order valence-electron chi connectivity index (χ0n) is 30.6. The number of nitrogens with one attached hydrogen (secondary N) is 3. The first-order chi connectivity index (χ1) is 26.8. The molecule has 0 spiro atoms. The number of rotatable bonds is 7. The van der Waals surface area contributed by atoms with E-state index in [4.69, 9.17) is 4.74 Å². The third-order valence-electron chi connectivity index (χ3n) is 11.5. The molecule has 4 aromatic rings. The SMILES string of the molecule is CC1(S(=O)(=O)NC(=O)[C@@]23C[C@H]2/C=C\CCCCC[C@H](NC(=O)c2ccc(F)s2)C(=O)N2C[C@H](Oc4nc5ccccc5c5ccc(F)cc45)C[C@H]2C(=O)N3)CC1. The molecule has 3 fully saturated rings. The van der Waals surface area contributed by atoms with Crippen molar-refractivity contribution in [3.05, 3.63) is 82.6 Å². The molecule has 56 heavy (non-hydrogen) atoms. The smallest absolute Gasteiger partial charge is 0.262 e. The van der Waals surface area contributed by atoms with Gasteiger partial charge in [-0.1, -0.05) is 49.3 Å². The second-order valence-electron chi connectivity index (χ2n) is 15.5. The largest absolute Gasteiger partial charge is 0.472 e. The molecule has 4 aliphatic rings. The van der Waals surface area contributed by atoms with Gasteiger partial charge in [0.1, 0.15) is 29.5 Å². The second kappa shape index (κ2) is 14.5. The molecule has 0 bridgehead atoms. The van der Waals surface area contributed by atoms with Crippen molar-refractivity contribution in [3.8, 4) is 5.88 Å². The van der Waals surface area contributed by atoms with Crippen molar-refractivity contribution in [1.29, 1.82) is 0 Å². The summed E-state index contributed by atoms with van der Waals surface area (Å²) in [6.45, 7) is 1.44. The average Bonchev–Trinajstić information content (AvgIpc) is 3.97. The van der Waals surface area contributed by atoms with Crippen LogP contribution in [0.1, 0.15) is 74.4 Å². The third-order valence-corrected chi connectivity index (χ3v) is 14.5. The monoisotopic (exact) mass is 805 g/mol. The Morgan fingerprint density at radius 2 is 1.82 bits per heavy atom. The van der Waals surface area contributed by atoms with E-state index in [1.165, 1.54) is 23.1 Å². The molecule has 4 amide bonds. The quantitative estimate of drug-likeness (QED) is 0.168. The number of para-hydroxylation sites is 1. The molecule has 0 radical (unpaired) electrons. The highest BCUT2D eigenvalue weighted by atomic mass is 32.2. The number of thiophene rings is 1. The Bertz CT molecular complexity index is 2400. The number of hydrogen-bond acceptors (Lipinski definition) is 9. The van der Waals surface area contributed by atoms with Gasteiger partial charge in [0.05, 0.1) is 21.7 Å². The van der Waals surface area contributed by atoms with Crippen LogP contribution in [0.25, 0.3) is 21.7 Å². The topological polar surface area (TPSA) is 164 Å². The van der Waals surface area contributed by atoms with Crippen LogP contribution < -0.4 is 20.1 Å². The zero-order chi connectivity index (χ0) is 39.4. The first kappa shape index (κ1) is 37.9. The number of amides is 4. The number of halogens is 2. The summed E-state index contributed by atoms with van der Waals surface area (Å²) in [5.41, 5.74) is -0.989. The molecule has 2 aliphatic carbocycles. The lowest BCUT2D eigenvalue weighted by Gasteiger charge is -2.30. The van der Waals surface area contributed by atoms with Crippen LogP contribution in [0.5, 0.6) is 5.88 Å². The molecule has 4 heterocycles. The van der Waals surface area contributed by atoms with Crippen LogP contribution in [0.3, 0.4) is 0 Å². The Hall–Kier alpha value is -4.96. The molecular weight excluding hydrogens is 765 g/mol. The molecule has 8 rings (SSSR count).